The smallest absolute Gasteiger partial charge is 0.120 e. The second kappa shape index (κ2) is 5.10. The van der Waals surface area contributed by atoms with E-state index in [4.69, 9.17) is 10.00 Å². The molecule has 98 valence electrons. The summed E-state index contributed by atoms with van der Waals surface area (Å²) in [7, 11) is 0. The number of nitriles is 1. The molecule has 0 fully saturated rings. The molecule has 3 rings (SSSR count). The Bertz CT molecular complexity index is 796. The van der Waals surface area contributed by atoms with Crippen LogP contribution >= 0.6 is 0 Å². The molecule has 20 heavy (non-hydrogen) atoms. The molecule has 1 N–H and O–H groups in total. The highest BCUT2D eigenvalue weighted by Gasteiger charge is 2.02. The molecule has 1 aromatic heterocycles. The molecule has 0 spiro atoms. The Hall–Kier alpha value is -2.73. The highest BCUT2D eigenvalue weighted by Crippen LogP contribution is 2.21. The molecular weight excluding hydrogens is 248 g/mol. The summed E-state index contributed by atoms with van der Waals surface area (Å²) in [5.41, 5.74) is 3.96. The Balaban J connectivity index is 1.77. The predicted octanol–water partition coefficient (Wildman–Crippen LogP) is 3.93. The zero-order valence-electron chi connectivity index (χ0n) is 11.2. The van der Waals surface area contributed by atoms with Gasteiger partial charge in [-0.2, -0.15) is 5.26 Å². The number of H-pyrrole nitrogens is 1. The maximum absolute atomic E-state index is 8.86. The summed E-state index contributed by atoms with van der Waals surface area (Å²) in [5, 5.41) is 9.99. The predicted molar refractivity (Wildman–Crippen MR) is 78.5 cm³/mol. The fourth-order valence-electron chi connectivity index (χ4n) is 2.21. The van der Waals surface area contributed by atoms with Gasteiger partial charge in [-0.3, -0.25) is 0 Å². The van der Waals surface area contributed by atoms with E-state index >= 15 is 0 Å². The number of aryl methyl sites for hydroxylation is 1. The summed E-state index contributed by atoms with van der Waals surface area (Å²) in [6.07, 6.45) is 1.92. The van der Waals surface area contributed by atoms with Crippen LogP contribution in [-0.4, -0.2) is 4.98 Å². The minimum Gasteiger partial charge on any atom is -0.489 e. The third-order valence-corrected chi connectivity index (χ3v) is 3.39. The number of ether oxygens (including phenoxy) is 1. The molecule has 0 aliphatic heterocycles. The number of nitrogens with zero attached hydrogens (tertiary/aromatic N) is 1. The number of hydrogen-bond acceptors (Lipinski definition) is 2. The van der Waals surface area contributed by atoms with Gasteiger partial charge in [0.25, 0.3) is 0 Å². The van der Waals surface area contributed by atoms with E-state index in [0.717, 1.165) is 27.8 Å². The van der Waals surface area contributed by atoms with Gasteiger partial charge in [0.15, 0.2) is 0 Å². The number of aromatic amines is 1. The minimum absolute atomic E-state index is 0.507. The van der Waals surface area contributed by atoms with Gasteiger partial charge >= 0.3 is 0 Å². The van der Waals surface area contributed by atoms with E-state index in [0.29, 0.717) is 12.2 Å². The number of benzene rings is 2. The lowest BCUT2D eigenvalue weighted by atomic mass is 10.1. The molecule has 2 aromatic carbocycles. The molecule has 3 heteroatoms. The van der Waals surface area contributed by atoms with E-state index in [9.17, 15) is 0 Å². The van der Waals surface area contributed by atoms with Crippen LogP contribution in [0.3, 0.4) is 0 Å². The van der Waals surface area contributed by atoms with Crippen molar-refractivity contribution in [1.82, 2.24) is 4.98 Å². The van der Waals surface area contributed by atoms with Crippen LogP contribution in [0.1, 0.15) is 16.7 Å². The SMILES string of the molecule is Cc1cc(C#N)ccc1COc1ccc2[nH]ccc2c1. The first-order valence-electron chi connectivity index (χ1n) is 6.46. The van der Waals surface area contributed by atoms with Gasteiger partial charge in [0.05, 0.1) is 11.6 Å². The molecule has 0 unspecified atom stereocenters. The average molecular weight is 262 g/mol. The normalized spacial score (nSPS) is 10.4. The molecule has 0 radical (unpaired) electrons. The van der Waals surface area contributed by atoms with Crippen molar-refractivity contribution < 1.29 is 4.74 Å². The molecule has 0 amide bonds. The minimum atomic E-state index is 0.507. The van der Waals surface area contributed by atoms with Gasteiger partial charge in [0.2, 0.25) is 0 Å². The summed E-state index contributed by atoms with van der Waals surface area (Å²) < 4.78 is 5.83. The molecule has 0 bridgehead atoms. The van der Waals surface area contributed by atoms with Gasteiger partial charge < -0.3 is 9.72 Å². The van der Waals surface area contributed by atoms with Crippen molar-refractivity contribution in [2.45, 2.75) is 13.5 Å². The lowest BCUT2D eigenvalue weighted by Crippen LogP contribution is -1.98. The zero-order chi connectivity index (χ0) is 13.9. The lowest BCUT2D eigenvalue weighted by molar-refractivity contribution is 0.306. The van der Waals surface area contributed by atoms with Gasteiger partial charge in [-0.15, -0.1) is 0 Å². The van der Waals surface area contributed by atoms with Gasteiger partial charge in [-0.25, -0.2) is 0 Å². The van der Waals surface area contributed by atoms with Crippen LogP contribution < -0.4 is 4.74 Å². The fourth-order valence-corrected chi connectivity index (χ4v) is 2.21. The number of hydrogen-bond donors (Lipinski definition) is 1. The molecule has 0 atom stereocenters. The van der Waals surface area contributed by atoms with Crippen LogP contribution in [0.2, 0.25) is 0 Å². The van der Waals surface area contributed by atoms with E-state index in [1.165, 1.54) is 0 Å². The molecule has 3 aromatic rings. The third-order valence-electron chi connectivity index (χ3n) is 3.39. The quantitative estimate of drug-likeness (QED) is 0.777. The van der Waals surface area contributed by atoms with Gasteiger partial charge in [0.1, 0.15) is 12.4 Å². The molecular formula is C17H14N2O. The molecule has 0 saturated heterocycles. The van der Waals surface area contributed by atoms with E-state index < -0.39 is 0 Å². The highest BCUT2D eigenvalue weighted by molar-refractivity contribution is 5.80. The first-order valence-corrected chi connectivity index (χ1v) is 6.46. The van der Waals surface area contributed by atoms with Crippen LogP contribution in [0, 0.1) is 18.3 Å². The zero-order valence-corrected chi connectivity index (χ0v) is 11.2. The topological polar surface area (TPSA) is 48.8 Å². The second-order valence-corrected chi connectivity index (χ2v) is 4.77. The molecule has 0 aliphatic carbocycles. The van der Waals surface area contributed by atoms with Crippen LogP contribution in [0.15, 0.2) is 48.7 Å². The summed E-state index contributed by atoms with van der Waals surface area (Å²) in [5.74, 6) is 0.848. The van der Waals surface area contributed by atoms with Crippen molar-refractivity contribution in [3.63, 3.8) is 0 Å². The van der Waals surface area contributed by atoms with Crippen LogP contribution in [0.5, 0.6) is 5.75 Å². The van der Waals surface area contributed by atoms with Crippen LogP contribution in [-0.2, 0) is 6.61 Å². The highest BCUT2D eigenvalue weighted by atomic mass is 16.5. The molecule has 0 saturated carbocycles. The first-order chi connectivity index (χ1) is 9.76. The number of rotatable bonds is 3. The number of fused-ring (bicyclic) bond motifs is 1. The van der Waals surface area contributed by atoms with Gasteiger partial charge in [-0.05, 0) is 54.4 Å². The number of aromatic nitrogens is 1. The van der Waals surface area contributed by atoms with Crippen molar-refractivity contribution in [3.05, 3.63) is 65.4 Å². The van der Waals surface area contributed by atoms with Crippen molar-refractivity contribution in [2.24, 2.45) is 0 Å². The van der Waals surface area contributed by atoms with Crippen molar-refractivity contribution in [2.75, 3.05) is 0 Å². The van der Waals surface area contributed by atoms with E-state index in [-0.39, 0.29) is 0 Å². The summed E-state index contributed by atoms with van der Waals surface area (Å²) in [6, 6.07) is 15.8. The largest absolute Gasteiger partial charge is 0.489 e. The molecule has 3 nitrogen and oxygen atoms in total. The maximum Gasteiger partial charge on any atom is 0.120 e. The van der Waals surface area contributed by atoms with Crippen LogP contribution in [0.4, 0.5) is 0 Å². The average Bonchev–Trinajstić information content (AvgIpc) is 2.93. The Morgan fingerprint density at radius 1 is 1.15 bits per heavy atom. The fraction of sp³-hybridized carbons (Fsp3) is 0.118. The van der Waals surface area contributed by atoms with E-state index in [1.54, 1.807) is 0 Å². The second-order valence-electron chi connectivity index (χ2n) is 4.77. The van der Waals surface area contributed by atoms with Crippen LogP contribution in [0.25, 0.3) is 10.9 Å². The van der Waals surface area contributed by atoms with Crippen molar-refractivity contribution in [3.8, 4) is 11.8 Å². The Morgan fingerprint density at radius 2 is 2.05 bits per heavy atom. The molecule has 0 aliphatic rings. The third kappa shape index (κ3) is 2.36. The summed E-state index contributed by atoms with van der Waals surface area (Å²) in [6.45, 7) is 2.50. The Kier molecular flexibility index (Phi) is 3.14. The summed E-state index contributed by atoms with van der Waals surface area (Å²) in [4.78, 5) is 3.16. The molecule has 1 heterocycles. The van der Waals surface area contributed by atoms with Gasteiger partial charge in [0, 0.05) is 17.1 Å². The standard InChI is InChI=1S/C17H14N2O/c1-12-8-13(10-18)2-3-15(12)11-20-16-4-5-17-14(9-16)6-7-19-17/h2-9,19H,11H2,1H3. The summed E-state index contributed by atoms with van der Waals surface area (Å²) >= 11 is 0. The maximum atomic E-state index is 8.86. The van der Waals surface area contributed by atoms with Gasteiger partial charge in [-0.1, -0.05) is 6.07 Å². The van der Waals surface area contributed by atoms with E-state index in [1.807, 2.05) is 55.6 Å². The van der Waals surface area contributed by atoms with Crippen molar-refractivity contribution in [1.29, 1.82) is 5.26 Å². The lowest BCUT2D eigenvalue weighted by Gasteiger charge is -2.09. The van der Waals surface area contributed by atoms with E-state index in [2.05, 4.69) is 11.1 Å². The monoisotopic (exact) mass is 262 g/mol. The Labute approximate surface area is 117 Å². The first kappa shape index (κ1) is 12.3. The number of nitrogens with one attached hydrogen (secondary N) is 1. The van der Waals surface area contributed by atoms with Crippen molar-refractivity contribution >= 4 is 10.9 Å². The Morgan fingerprint density at radius 3 is 2.85 bits per heavy atom.